The van der Waals surface area contributed by atoms with Crippen molar-refractivity contribution >= 4 is 23.1 Å². The van der Waals surface area contributed by atoms with Crippen molar-refractivity contribution in [1.29, 1.82) is 5.26 Å². The highest BCUT2D eigenvalue weighted by Gasteiger charge is 2.07. The molecule has 84 valence electrons. The minimum Gasteiger partial charge on any atom is -0.339 e. The van der Waals surface area contributed by atoms with Crippen LogP contribution in [0, 0.1) is 18.3 Å². The average molecular weight is 244 g/mol. The van der Waals surface area contributed by atoms with Crippen LogP contribution in [0.1, 0.15) is 11.1 Å². The zero-order valence-corrected chi connectivity index (χ0v) is 9.99. The molecule has 1 aromatic heterocycles. The number of nitriles is 1. The Morgan fingerprint density at radius 3 is 2.88 bits per heavy atom. The van der Waals surface area contributed by atoms with Crippen molar-refractivity contribution < 1.29 is 0 Å². The minimum atomic E-state index is 0.344. The summed E-state index contributed by atoms with van der Waals surface area (Å²) < 4.78 is 0. The van der Waals surface area contributed by atoms with E-state index in [0.29, 0.717) is 16.4 Å². The largest absolute Gasteiger partial charge is 0.339 e. The molecule has 0 amide bonds. The van der Waals surface area contributed by atoms with Crippen molar-refractivity contribution in [3.63, 3.8) is 0 Å². The van der Waals surface area contributed by atoms with E-state index >= 15 is 0 Å². The summed E-state index contributed by atoms with van der Waals surface area (Å²) >= 11 is 6.05. The van der Waals surface area contributed by atoms with Gasteiger partial charge in [-0.25, -0.2) is 4.98 Å². The second kappa shape index (κ2) is 4.86. The van der Waals surface area contributed by atoms with Crippen LogP contribution >= 0.6 is 11.6 Å². The lowest BCUT2D eigenvalue weighted by Gasteiger charge is -2.08. The third kappa shape index (κ3) is 2.55. The molecule has 17 heavy (non-hydrogen) atoms. The van der Waals surface area contributed by atoms with Gasteiger partial charge in [-0.15, -0.1) is 0 Å². The molecule has 2 aromatic rings. The van der Waals surface area contributed by atoms with E-state index < -0.39 is 0 Å². The van der Waals surface area contributed by atoms with Crippen molar-refractivity contribution in [3.8, 4) is 6.07 Å². The van der Waals surface area contributed by atoms with Gasteiger partial charge in [0, 0.05) is 11.9 Å². The molecule has 0 bridgehead atoms. The van der Waals surface area contributed by atoms with Gasteiger partial charge in [0.05, 0.1) is 5.56 Å². The summed E-state index contributed by atoms with van der Waals surface area (Å²) in [6.45, 7) is 2.01. The van der Waals surface area contributed by atoms with E-state index in [1.165, 1.54) is 0 Å². The summed E-state index contributed by atoms with van der Waals surface area (Å²) in [5, 5.41) is 12.3. The normalized spacial score (nSPS) is 9.71. The number of nitrogens with one attached hydrogen (secondary N) is 1. The number of aryl methyl sites for hydroxylation is 1. The molecule has 1 aromatic carbocycles. The lowest BCUT2D eigenvalue weighted by molar-refractivity contribution is 1.29. The topological polar surface area (TPSA) is 48.7 Å². The molecular weight excluding hydrogens is 234 g/mol. The molecule has 1 N–H and O–H groups in total. The monoisotopic (exact) mass is 243 g/mol. The maximum Gasteiger partial charge on any atom is 0.150 e. The van der Waals surface area contributed by atoms with E-state index in [1.54, 1.807) is 12.3 Å². The SMILES string of the molecule is Cc1cccc(Nc2nccc(C#N)c2Cl)c1. The smallest absolute Gasteiger partial charge is 0.150 e. The van der Waals surface area contributed by atoms with Crippen molar-refractivity contribution in [2.45, 2.75) is 6.92 Å². The van der Waals surface area contributed by atoms with Crippen LogP contribution < -0.4 is 5.32 Å². The van der Waals surface area contributed by atoms with Crippen molar-refractivity contribution in [2.75, 3.05) is 5.32 Å². The number of anilines is 2. The van der Waals surface area contributed by atoms with Crippen LogP contribution in [-0.2, 0) is 0 Å². The summed E-state index contributed by atoms with van der Waals surface area (Å²) in [5.74, 6) is 0.497. The first-order chi connectivity index (χ1) is 8.20. The number of hydrogen-bond donors (Lipinski definition) is 1. The second-order valence-corrected chi connectivity index (χ2v) is 4.01. The van der Waals surface area contributed by atoms with Gasteiger partial charge in [0.25, 0.3) is 0 Å². The summed E-state index contributed by atoms with van der Waals surface area (Å²) in [5.41, 5.74) is 2.45. The first-order valence-electron chi connectivity index (χ1n) is 5.09. The number of aromatic nitrogens is 1. The zero-order chi connectivity index (χ0) is 12.3. The van der Waals surface area contributed by atoms with E-state index in [9.17, 15) is 0 Å². The lowest BCUT2D eigenvalue weighted by atomic mass is 10.2. The number of nitrogens with zero attached hydrogens (tertiary/aromatic N) is 2. The van der Waals surface area contributed by atoms with E-state index in [2.05, 4.69) is 10.3 Å². The number of halogens is 1. The number of pyridine rings is 1. The van der Waals surface area contributed by atoms with Crippen LogP contribution in [0.25, 0.3) is 0 Å². The molecule has 0 unspecified atom stereocenters. The van der Waals surface area contributed by atoms with Gasteiger partial charge < -0.3 is 5.32 Å². The van der Waals surface area contributed by atoms with Gasteiger partial charge in [-0.1, -0.05) is 23.7 Å². The Labute approximate surface area is 105 Å². The predicted molar refractivity (Wildman–Crippen MR) is 68.4 cm³/mol. The molecule has 0 aliphatic rings. The molecule has 0 aliphatic carbocycles. The Kier molecular flexibility index (Phi) is 3.27. The molecule has 3 nitrogen and oxygen atoms in total. The van der Waals surface area contributed by atoms with Crippen LogP contribution in [0.2, 0.25) is 5.02 Å². The van der Waals surface area contributed by atoms with E-state index in [0.717, 1.165) is 11.3 Å². The number of hydrogen-bond acceptors (Lipinski definition) is 3. The molecule has 0 spiro atoms. The first-order valence-corrected chi connectivity index (χ1v) is 5.47. The van der Waals surface area contributed by atoms with Crippen LogP contribution in [0.5, 0.6) is 0 Å². The highest BCUT2D eigenvalue weighted by atomic mass is 35.5. The molecule has 0 fully saturated rings. The van der Waals surface area contributed by atoms with Gasteiger partial charge in [0.15, 0.2) is 5.82 Å². The average Bonchev–Trinajstić information content (AvgIpc) is 2.32. The van der Waals surface area contributed by atoms with Gasteiger partial charge in [-0.3, -0.25) is 0 Å². The number of benzene rings is 1. The van der Waals surface area contributed by atoms with Gasteiger partial charge in [-0.2, -0.15) is 5.26 Å². The molecule has 0 radical (unpaired) electrons. The summed E-state index contributed by atoms with van der Waals surface area (Å²) in [6.07, 6.45) is 1.56. The molecule has 1 heterocycles. The maximum absolute atomic E-state index is 8.86. The van der Waals surface area contributed by atoms with E-state index in [4.69, 9.17) is 16.9 Å². The fourth-order valence-corrected chi connectivity index (χ4v) is 1.68. The fraction of sp³-hybridized carbons (Fsp3) is 0.0769. The van der Waals surface area contributed by atoms with Crippen LogP contribution in [0.4, 0.5) is 11.5 Å². The standard InChI is InChI=1S/C13H10ClN3/c1-9-3-2-4-11(7-9)17-13-12(14)10(8-15)5-6-16-13/h2-7H,1H3,(H,16,17). The van der Waals surface area contributed by atoms with Crippen molar-refractivity contribution in [1.82, 2.24) is 4.98 Å². The Bertz CT molecular complexity index is 587. The molecule has 4 heteroatoms. The number of rotatable bonds is 2. The molecule has 0 saturated heterocycles. The third-order valence-electron chi connectivity index (χ3n) is 2.29. The van der Waals surface area contributed by atoms with Crippen molar-refractivity contribution in [3.05, 3.63) is 52.7 Å². The summed E-state index contributed by atoms with van der Waals surface area (Å²) in [6, 6.07) is 11.5. The quantitative estimate of drug-likeness (QED) is 0.876. The summed E-state index contributed by atoms with van der Waals surface area (Å²) in [4.78, 5) is 4.12. The zero-order valence-electron chi connectivity index (χ0n) is 9.24. The molecule has 0 saturated carbocycles. The van der Waals surface area contributed by atoms with Crippen LogP contribution in [0.3, 0.4) is 0 Å². The van der Waals surface area contributed by atoms with Crippen molar-refractivity contribution in [2.24, 2.45) is 0 Å². The molecule has 0 aliphatic heterocycles. The minimum absolute atomic E-state index is 0.344. The Morgan fingerprint density at radius 1 is 1.35 bits per heavy atom. The highest BCUT2D eigenvalue weighted by Crippen LogP contribution is 2.26. The van der Waals surface area contributed by atoms with E-state index in [1.807, 2.05) is 37.3 Å². The third-order valence-corrected chi connectivity index (χ3v) is 2.67. The molecular formula is C13H10ClN3. The Balaban J connectivity index is 2.34. The lowest BCUT2D eigenvalue weighted by Crippen LogP contribution is -1.96. The van der Waals surface area contributed by atoms with Gasteiger partial charge in [-0.05, 0) is 30.7 Å². The maximum atomic E-state index is 8.86. The summed E-state index contributed by atoms with van der Waals surface area (Å²) in [7, 11) is 0. The molecule has 0 atom stereocenters. The highest BCUT2D eigenvalue weighted by molar-refractivity contribution is 6.34. The van der Waals surface area contributed by atoms with Crippen LogP contribution in [0.15, 0.2) is 36.5 Å². The molecule has 2 rings (SSSR count). The van der Waals surface area contributed by atoms with Gasteiger partial charge in [0.2, 0.25) is 0 Å². The Morgan fingerprint density at radius 2 is 2.18 bits per heavy atom. The first kappa shape index (κ1) is 11.4. The van der Waals surface area contributed by atoms with E-state index in [-0.39, 0.29) is 0 Å². The Hall–Kier alpha value is -2.05. The van der Waals surface area contributed by atoms with Gasteiger partial charge in [0.1, 0.15) is 11.1 Å². The fourth-order valence-electron chi connectivity index (χ4n) is 1.48. The van der Waals surface area contributed by atoms with Gasteiger partial charge >= 0.3 is 0 Å². The second-order valence-electron chi connectivity index (χ2n) is 3.63. The van der Waals surface area contributed by atoms with Crippen LogP contribution in [-0.4, -0.2) is 4.98 Å². The predicted octanol–water partition coefficient (Wildman–Crippen LogP) is 3.66.